The molecule has 1 aromatic heterocycles. The molecule has 1 aliphatic heterocycles. The first kappa shape index (κ1) is 18.6. The van der Waals surface area contributed by atoms with Crippen LogP contribution >= 0.6 is 11.3 Å². The van der Waals surface area contributed by atoms with Crippen LogP contribution in [0, 0.1) is 18.8 Å². The Balaban J connectivity index is 1.58. The van der Waals surface area contributed by atoms with Gasteiger partial charge in [0.1, 0.15) is 4.21 Å². The fraction of sp³-hybridized carbons (Fsp3) is 0.611. The number of aryl methyl sites for hydroxylation is 1. The summed E-state index contributed by atoms with van der Waals surface area (Å²) in [6.07, 6.45) is 8.73. The number of sulfonamides is 1. The second-order valence-electron chi connectivity index (χ2n) is 6.85. The lowest BCUT2D eigenvalue weighted by molar-refractivity contribution is -0.151. The summed E-state index contributed by atoms with van der Waals surface area (Å²) in [7, 11) is -3.51. The Morgan fingerprint density at radius 2 is 2.16 bits per heavy atom. The minimum Gasteiger partial charge on any atom is -0.465 e. The standard InChI is InChI=1S/C18H25NO4S2/c1-14-9-10-17(24-14)25(21,22)19-11-5-8-16(12-19)18(20)23-13-15-6-3-2-4-7-15/h2-3,9-10,15-16H,4-8,11-13H2,1H3. The molecule has 2 heterocycles. The number of carbonyl (C=O) groups is 1. The van der Waals surface area contributed by atoms with Crippen molar-refractivity contribution >= 4 is 27.3 Å². The first-order valence-corrected chi connectivity index (χ1v) is 11.1. The number of allylic oxidation sites excluding steroid dienone is 2. The first-order chi connectivity index (χ1) is 12.0. The van der Waals surface area contributed by atoms with Gasteiger partial charge in [-0.25, -0.2) is 8.42 Å². The van der Waals surface area contributed by atoms with E-state index in [0.717, 1.165) is 24.1 Å². The second kappa shape index (κ2) is 8.01. The zero-order valence-corrected chi connectivity index (χ0v) is 16.2. The van der Waals surface area contributed by atoms with Crippen LogP contribution in [0.5, 0.6) is 0 Å². The van der Waals surface area contributed by atoms with Crippen LogP contribution in [0.1, 0.15) is 37.0 Å². The Hall–Kier alpha value is -1.18. The topological polar surface area (TPSA) is 63.7 Å². The third-order valence-corrected chi connectivity index (χ3v) is 8.20. The molecule has 1 saturated heterocycles. The molecule has 2 atom stereocenters. The zero-order valence-electron chi connectivity index (χ0n) is 14.5. The minimum absolute atomic E-state index is 0.225. The normalized spacial score (nSPS) is 25.0. The Morgan fingerprint density at radius 1 is 1.32 bits per heavy atom. The summed E-state index contributed by atoms with van der Waals surface area (Å²) in [5, 5.41) is 0. The van der Waals surface area contributed by atoms with Gasteiger partial charge in [-0.05, 0) is 57.1 Å². The quantitative estimate of drug-likeness (QED) is 0.578. The number of nitrogens with zero attached hydrogens (tertiary/aromatic N) is 1. The molecule has 2 aliphatic rings. The molecule has 1 aliphatic carbocycles. The third kappa shape index (κ3) is 4.51. The Labute approximate surface area is 153 Å². The average molecular weight is 384 g/mol. The number of esters is 1. The Kier molecular flexibility index (Phi) is 5.96. The maximum absolute atomic E-state index is 12.8. The van der Waals surface area contributed by atoms with E-state index in [2.05, 4.69) is 12.2 Å². The highest BCUT2D eigenvalue weighted by atomic mass is 32.2. The van der Waals surface area contributed by atoms with Crippen LogP contribution in [0.3, 0.4) is 0 Å². The molecule has 0 bridgehead atoms. The van der Waals surface area contributed by atoms with E-state index in [0.29, 0.717) is 36.1 Å². The van der Waals surface area contributed by atoms with E-state index < -0.39 is 10.0 Å². The maximum atomic E-state index is 12.8. The Bertz CT molecular complexity index is 738. The van der Waals surface area contributed by atoms with Crippen LogP contribution in [-0.2, 0) is 19.6 Å². The number of ether oxygens (including phenoxy) is 1. The average Bonchev–Trinajstić information content (AvgIpc) is 3.08. The van der Waals surface area contributed by atoms with Gasteiger partial charge in [0.15, 0.2) is 0 Å². The lowest BCUT2D eigenvalue weighted by Crippen LogP contribution is -2.42. The van der Waals surface area contributed by atoms with Crippen LogP contribution in [0.2, 0.25) is 0 Å². The van der Waals surface area contributed by atoms with Crippen LogP contribution in [0.15, 0.2) is 28.5 Å². The fourth-order valence-corrected chi connectivity index (χ4v) is 6.32. The highest BCUT2D eigenvalue weighted by Gasteiger charge is 2.34. The van der Waals surface area contributed by atoms with Crippen LogP contribution < -0.4 is 0 Å². The van der Waals surface area contributed by atoms with Crippen molar-refractivity contribution in [3.05, 3.63) is 29.2 Å². The Morgan fingerprint density at radius 3 is 2.84 bits per heavy atom. The molecule has 3 rings (SSSR count). The van der Waals surface area contributed by atoms with Crippen molar-refractivity contribution in [2.24, 2.45) is 11.8 Å². The summed E-state index contributed by atoms with van der Waals surface area (Å²) < 4.78 is 32.8. The summed E-state index contributed by atoms with van der Waals surface area (Å²) in [6.45, 7) is 3.02. The molecule has 0 spiro atoms. The van der Waals surface area contributed by atoms with Crippen LogP contribution in [0.25, 0.3) is 0 Å². The molecule has 0 aromatic carbocycles. The number of carbonyl (C=O) groups excluding carboxylic acids is 1. The van der Waals surface area contributed by atoms with Crippen molar-refractivity contribution in [1.82, 2.24) is 4.31 Å². The zero-order chi connectivity index (χ0) is 17.9. The highest BCUT2D eigenvalue weighted by molar-refractivity contribution is 7.91. The smallest absolute Gasteiger partial charge is 0.310 e. The number of thiophene rings is 1. The molecule has 138 valence electrons. The van der Waals surface area contributed by atoms with Gasteiger partial charge in [0.05, 0.1) is 12.5 Å². The summed E-state index contributed by atoms with van der Waals surface area (Å²) in [5.74, 6) is -0.216. The molecule has 0 amide bonds. The minimum atomic E-state index is -3.51. The molecule has 1 aromatic rings. The summed E-state index contributed by atoms with van der Waals surface area (Å²) in [6, 6.07) is 3.46. The third-order valence-electron chi connectivity index (χ3n) is 4.87. The number of piperidine rings is 1. The van der Waals surface area contributed by atoms with E-state index in [1.807, 2.05) is 13.0 Å². The van der Waals surface area contributed by atoms with Crippen molar-refractivity contribution < 1.29 is 17.9 Å². The maximum Gasteiger partial charge on any atom is 0.310 e. The molecular formula is C18H25NO4S2. The molecule has 7 heteroatoms. The van der Waals surface area contributed by atoms with Crippen molar-refractivity contribution in [2.45, 2.75) is 43.2 Å². The van der Waals surface area contributed by atoms with Gasteiger partial charge in [-0.15, -0.1) is 11.3 Å². The van der Waals surface area contributed by atoms with Gasteiger partial charge < -0.3 is 4.74 Å². The van der Waals surface area contributed by atoms with Gasteiger partial charge in [-0.2, -0.15) is 4.31 Å². The van der Waals surface area contributed by atoms with Crippen LogP contribution in [-0.4, -0.2) is 38.4 Å². The number of hydrogen-bond acceptors (Lipinski definition) is 5. The van der Waals surface area contributed by atoms with E-state index >= 15 is 0 Å². The van der Waals surface area contributed by atoms with E-state index in [1.54, 1.807) is 6.07 Å². The summed E-state index contributed by atoms with van der Waals surface area (Å²) in [4.78, 5) is 13.4. The van der Waals surface area contributed by atoms with Gasteiger partial charge in [0.25, 0.3) is 10.0 Å². The predicted octanol–water partition coefficient (Wildman–Crippen LogP) is 3.36. The lowest BCUT2D eigenvalue weighted by atomic mass is 9.95. The van der Waals surface area contributed by atoms with E-state index in [4.69, 9.17) is 4.74 Å². The molecule has 0 radical (unpaired) electrons. The van der Waals surface area contributed by atoms with Gasteiger partial charge >= 0.3 is 5.97 Å². The highest BCUT2D eigenvalue weighted by Crippen LogP contribution is 2.29. The molecule has 1 fully saturated rings. The van der Waals surface area contributed by atoms with E-state index in [9.17, 15) is 13.2 Å². The van der Waals surface area contributed by atoms with Crippen LogP contribution in [0.4, 0.5) is 0 Å². The molecule has 25 heavy (non-hydrogen) atoms. The number of rotatable bonds is 5. The van der Waals surface area contributed by atoms with Crippen molar-refractivity contribution in [2.75, 3.05) is 19.7 Å². The second-order valence-corrected chi connectivity index (χ2v) is 10.3. The molecule has 5 nitrogen and oxygen atoms in total. The monoisotopic (exact) mass is 383 g/mol. The van der Waals surface area contributed by atoms with E-state index in [-0.39, 0.29) is 18.4 Å². The lowest BCUT2D eigenvalue weighted by Gasteiger charge is -2.30. The largest absolute Gasteiger partial charge is 0.465 e. The molecule has 0 N–H and O–H groups in total. The van der Waals surface area contributed by atoms with Gasteiger partial charge in [0.2, 0.25) is 0 Å². The van der Waals surface area contributed by atoms with Gasteiger partial charge in [-0.1, -0.05) is 12.2 Å². The van der Waals surface area contributed by atoms with Crippen molar-refractivity contribution in [3.8, 4) is 0 Å². The number of hydrogen-bond donors (Lipinski definition) is 0. The fourth-order valence-electron chi connectivity index (χ4n) is 3.36. The van der Waals surface area contributed by atoms with Gasteiger partial charge in [-0.3, -0.25) is 4.79 Å². The molecule has 2 unspecified atom stereocenters. The summed E-state index contributed by atoms with van der Waals surface area (Å²) in [5.41, 5.74) is 0. The first-order valence-electron chi connectivity index (χ1n) is 8.85. The molecular weight excluding hydrogens is 358 g/mol. The SMILES string of the molecule is Cc1ccc(S(=O)(=O)N2CCCC(C(=O)OCC3CC=CCC3)C2)s1. The van der Waals surface area contributed by atoms with E-state index in [1.165, 1.54) is 15.6 Å². The molecule has 0 saturated carbocycles. The van der Waals surface area contributed by atoms with Gasteiger partial charge in [0, 0.05) is 18.0 Å². The predicted molar refractivity (Wildman–Crippen MR) is 98.0 cm³/mol. The van der Waals surface area contributed by atoms with Crippen molar-refractivity contribution in [3.63, 3.8) is 0 Å². The summed E-state index contributed by atoms with van der Waals surface area (Å²) >= 11 is 1.27. The van der Waals surface area contributed by atoms with Crippen molar-refractivity contribution in [1.29, 1.82) is 0 Å².